The van der Waals surface area contributed by atoms with Crippen LogP contribution in [-0.4, -0.2) is 87.0 Å². The molecule has 0 saturated carbocycles. The predicted molar refractivity (Wildman–Crippen MR) is 132 cm³/mol. The number of thiol groups is 1. The summed E-state index contributed by atoms with van der Waals surface area (Å²) in [5, 5.41) is 35.8. The summed E-state index contributed by atoms with van der Waals surface area (Å²) in [5.41, 5.74) is 6.25. The molecule has 1 aromatic carbocycles. The molecule has 1 aromatic rings. The number of thioether (sulfide) groups is 1. The number of phenols is 1. The van der Waals surface area contributed by atoms with Crippen LogP contribution in [0.25, 0.3) is 0 Å². The summed E-state index contributed by atoms with van der Waals surface area (Å²) in [6.45, 7) is 1.21. The highest BCUT2D eigenvalue weighted by atomic mass is 32.2. The number of benzene rings is 1. The number of aromatic hydroxyl groups is 1. The highest BCUT2D eigenvalue weighted by Crippen LogP contribution is 2.12. The Kier molecular flexibility index (Phi) is 12.8. The molecule has 11 nitrogen and oxygen atoms in total. The molecule has 5 atom stereocenters. The Morgan fingerprint density at radius 1 is 1.03 bits per heavy atom. The van der Waals surface area contributed by atoms with Gasteiger partial charge < -0.3 is 37.0 Å². The first-order valence-electron chi connectivity index (χ1n) is 10.4. The van der Waals surface area contributed by atoms with Crippen LogP contribution >= 0.6 is 24.4 Å². The van der Waals surface area contributed by atoms with Crippen molar-refractivity contribution in [1.82, 2.24) is 16.0 Å². The number of carbonyl (C=O) groups is 4. The van der Waals surface area contributed by atoms with Gasteiger partial charge in [0.25, 0.3) is 0 Å². The first-order chi connectivity index (χ1) is 16.0. The van der Waals surface area contributed by atoms with Gasteiger partial charge in [-0.2, -0.15) is 24.4 Å². The lowest BCUT2D eigenvalue weighted by Gasteiger charge is -2.26. The molecule has 0 aliphatic rings. The Balaban J connectivity index is 3.13. The molecule has 0 bridgehead atoms. The highest BCUT2D eigenvalue weighted by Gasteiger charge is 2.31. The fourth-order valence-corrected chi connectivity index (χ4v) is 3.50. The monoisotopic (exact) mass is 516 g/mol. The van der Waals surface area contributed by atoms with Crippen LogP contribution in [0.2, 0.25) is 0 Å². The second-order valence-electron chi connectivity index (χ2n) is 7.63. The fraction of sp³-hybridized carbons (Fsp3) is 0.524. The first kappa shape index (κ1) is 29.6. The minimum Gasteiger partial charge on any atom is -0.508 e. The van der Waals surface area contributed by atoms with Crippen molar-refractivity contribution < 1.29 is 34.5 Å². The van der Waals surface area contributed by atoms with Gasteiger partial charge in [0.1, 0.15) is 17.8 Å². The van der Waals surface area contributed by atoms with Gasteiger partial charge >= 0.3 is 5.97 Å². The maximum absolute atomic E-state index is 13.0. The number of nitrogens with one attached hydrogen (secondary N) is 3. The van der Waals surface area contributed by atoms with Gasteiger partial charge in [-0.05, 0) is 43.0 Å². The van der Waals surface area contributed by atoms with Crippen molar-refractivity contribution in [2.75, 3.05) is 17.8 Å². The lowest BCUT2D eigenvalue weighted by Crippen LogP contribution is -2.59. The quantitative estimate of drug-likeness (QED) is 0.141. The summed E-state index contributed by atoms with van der Waals surface area (Å²) in [4.78, 5) is 49.6. The number of hydrogen-bond donors (Lipinski definition) is 8. The van der Waals surface area contributed by atoms with E-state index in [1.807, 2.05) is 6.26 Å². The van der Waals surface area contributed by atoms with Crippen molar-refractivity contribution in [3.05, 3.63) is 29.8 Å². The van der Waals surface area contributed by atoms with E-state index in [0.29, 0.717) is 11.3 Å². The molecule has 0 spiro atoms. The standard InChI is InChI=1S/C21H32N4O7S2/c1-11(26)17(21(31)32)25-20(30)16(9-12-3-5-13(27)6-4-12)24-19(29)15(7-8-34-2)23-18(28)14(22)10-33/h3-6,11,14-17,26-27,33H,7-10,22H2,1-2H3,(H,23,28)(H,24,29)(H,25,30)(H,31,32). The average Bonchev–Trinajstić information content (AvgIpc) is 2.79. The number of carbonyl (C=O) groups excluding carboxylic acids is 3. The fourth-order valence-electron chi connectivity index (χ4n) is 2.86. The number of aliphatic hydroxyl groups excluding tert-OH is 1. The van der Waals surface area contributed by atoms with Crippen molar-refractivity contribution in [3.63, 3.8) is 0 Å². The van der Waals surface area contributed by atoms with E-state index in [1.54, 1.807) is 12.1 Å². The van der Waals surface area contributed by atoms with E-state index in [4.69, 9.17) is 5.73 Å². The topological polar surface area (TPSA) is 191 Å². The average molecular weight is 517 g/mol. The Morgan fingerprint density at radius 3 is 2.09 bits per heavy atom. The predicted octanol–water partition coefficient (Wildman–Crippen LogP) is -1.14. The Hall–Kier alpha value is -2.48. The minimum atomic E-state index is -1.59. The van der Waals surface area contributed by atoms with Gasteiger partial charge in [0.2, 0.25) is 17.7 Å². The first-order valence-corrected chi connectivity index (χ1v) is 12.5. The largest absolute Gasteiger partial charge is 0.508 e. The molecule has 8 N–H and O–H groups in total. The zero-order chi connectivity index (χ0) is 25.8. The van der Waals surface area contributed by atoms with Crippen LogP contribution in [0.3, 0.4) is 0 Å². The molecule has 0 fully saturated rings. The van der Waals surface area contributed by atoms with Gasteiger partial charge in [-0.25, -0.2) is 4.79 Å². The summed E-state index contributed by atoms with van der Waals surface area (Å²) in [6.07, 6.45) is 0.669. The van der Waals surface area contributed by atoms with E-state index in [0.717, 1.165) is 0 Å². The third kappa shape index (κ3) is 9.79. The van der Waals surface area contributed by atoms with E-state index in [2.05, 4.69) is 28.6 Å². The van der Waals surface area contributed by atoms with Gasteiger partial charge in [0.15, 0.2) is 6.04 Å². The van der Waals surface area contributed by atoms with Crippen molar-refractivity contribution >= 4 is 48.1 Å². The molecule has 0 aromatic heterocycles. The van der Waals surface area contributed by atoms with Crippen LogP contribution in [-0.2, 0) is 25.6 Å². The molecule has 0 aliphatic heterocycles. The minimum absolute atomic E-state index is 0.00852. The molecule has 190 valence electrons. The number of rotatable bonds is 14. The van der Waals surface area contributed by atoms with Crippen LogP contribution < -0.4 is 21.7 Å². The second kappa shape index (κ2) is 14.7. The number of nitrogens with two attached hydrogens (primary N) is 1. The SMILES string of the molecule is CSCCC(NC(=O)C(N)CS)C(=O)NC(Cc1ccc(O)cc1)C(=O)NC(C(=O)O)C(C)O. The number of aliphatic carboxylic acids is 1. The van der Waals surface area contributed by atoms with Gasteiger partial charge in [-0.15, -0.1) is 0 Å². The molecular formula is C21H32N4O7S2. The zero-order valence-electron chi connectivity index (χ0n) is 18.9. The van der Waals surface area contributed by atoms with Gasteiger partial charge in [-0.3, -0.25) is 14.4 Å². The lowest BCUT2D eigenvalue weighted by atomic mass is 10.0. The van der Waals surface area contributed by atoms with E-state index in [-0.39, 0.29) is 24.3 Å². The molecule has 3 amide bonds. The molecule has 13 heteroatoms. The summed E-state index contributed by atoms with van der Waals surface area (Å²) in [6, 6.07) is 1.16. The van der Waals surface area contributed by atoms with Crippen LogP contribution in [0.1, 0.15) is 18.9 Å². The maximum atomic E-state index is 13.0. The van der Waals surface area contributed by atoms with E-state index < -0.39 is 54.0 Å². The van der Waals surface area contributed by atoms with E-state index >= 15 is 0 Å². The molecular weight excluding hydrogens is 484 g/mol. The number of carboxylic acids is 1. The number of carboxylic acid groups (broad SMARTS) is 1. The Morgan fingerprint density at radius 2 is 1.59 bits per heavy atom. The van der Waals surface area contributed by atoms with Gasteiger partial charge in [0, 0.05) is 12.2 Å². The molecule has 0 saturated heterocycles. The summed E-state index contributed by atoms with van der Waals surface area (Å²) < 4.78 is 0. The van der Waals surface area contributed by atoms with Crippen molar-refractivity contribution in [3.8, 4) is 5.75 Å². The molecule has 0 heterocycles. The summed E-state index contributed by atoms with van der Waals surface area (Å²) in [7, 11) is 0. The van der Waals surface area contributed by atoms with E-state index in [9.17, 15) is 34.5 Å². The number of amides is 3. The number of aliphatic hydroxyl groups is 1. The van der Waals surface area contributed by atoms with Crippen molar-refractivity contribution in [2.45, 2.75) is 50.0 Å². The maximum Gasteiger partial charge on any atom is 0.328 e. The van der Waals surface area contributed by atoms with Crippen LogP contribution in [0.5, 0.6) is 5.75 Å². The molecule has 0 aliphatic carbocycles. The molecule has 1 rings (SSSR count). The summed E-state index contributed by atoms with van der Waals surface area (Å²) >= 11 is 5.44. The molecule has 5 unspecified atom stereocenters. The second-order valence-corrected chi connectivity index (χ2v) is 8.98. The number of hydrogen-bond acceptors (Lipinski definition) is 9. The van der Waals surface area contributed by atoms with Gasteiger partial charge in [-0.1, -0.05) is 12.1 Å². The van der Waals surface area contributed by atoms with Crippen LogP contribution in [0.15, 0.2) is 24.3 Å². The summed E-state index contributed by atoms with van der Waals surface area (Å²) in [5.74, 6) is -2.89. The molecule has 0 radical (unpaired) electrons. The highest BCUT2D eigenvalue weighted by molar-refractivity contribution is 7.98. The third-order valence-electron chi connectivity index (χ3n) is 4.83. The Bertz CT molecular complexity index is 839. The Labute approximate surface area is 207 Å². The third-order valence-corrected chi connectivity index (χ3v) is 5.87. The van der Waals surface area contributed by atoms with Crippen molar-refractivity contribution in [2.24, 2.45) is 5.73 Å². The van der Waals surface area contributed by atoms with Crippen LogP contribution in [0.4, 0.5) is 0 Å². The van der Waals surface area contributed by atoms with E-state index in [1.165, 1.54) is 30.8 Å². The van der Waals surface area contributed by atoms with Gasteiger partial charge in [0.05, 0.1) is 12.1 Å². The molecule has 34 heavy (non-hydrogen) atoms. The number of phenolic OH excluding ortho intramolecular Hbond substituents is 1. The normalized spacial score (nSPS) is 15.3. The van der Waals surface area contributed by atoms with Crippen molar-refractivity contribution in [1.29, 1.82) is 0 Å². The van der Waals surface area contributed by atoms with Crippen LogP contribution in [0, 0.1) is 0 Å². The smallest absolute Gasteiger partial charge is 0.328 e. The zero-order valence-corrected chi connectivity index (χ0v) is 20.6. The lowest BCUT2D eigenvalue weighted by molar-refractivity contribution is -0.145.